The summed E-state index contributed by atoms with van der Waals surface area (Å²) in [7, 11) is 0. The van der Waals surface area contributed by atoms with Gasteiger partial charge in [0.2, 0.25) is 0 Å². The zero-order chi connectivity index (χ0) is 12.4. The van der Waals surface area contributed by atoms with E-state index in [-0.39, 0.29) is 6.61 Å². The van der Waals surface area contributed by atoms with Crippen molar-refractivity contribution >= 4 is 0 Å². The topological polar surface area (TPSA) is 19.9 Å². The van der Waals surface area contributed by atoms with Gasteiger partial charge < -0.3 is 0 Å². The van der Waals surface area contributed by atoms with Crippen LogP contribution in [0.1, 0.15) is 53.4 Å². The van der Waals surface area contributed by atoms with E-state index in [9.17, 15) is 5.11 Å². The Labute approximate surface area is 101 Å². The van der Waals surface area contributed by atoms with Crippen LogP contribution in [-0.2, 0) is 5.11 Å². The van der Waals surface area contributed by atoms with E-state index in [0.717, 1.165) is 25.7 Å². The smallest absolute Gasteiger partial charge is 0.101 e. The Morgan fingerprint density at radius 3 is 1.81 bits per heavy atom. The first-order valence-corrected chi connectivity index (χ1v) is 6.09. The fraction of sp³-hybridized carbons (Fsp3) is 0.600. The van der Waals surface area contributed by atoms with Gasteiger partial charge in [-0.2, -0.15) is 0 Å². The predicted octanol–water partition coefficient (Wildman–Crippen LogP) is 4.84. The molecule has 0 saturated carbocycles. The molecule has 0 rings (SSSR count). The molecule has 0 spiro atoms. The van der Waals surface area contributed by atoms with Crippen LogP contribution in [0.2, 0.25) is 0 Å². The largest absolute Gasteiger partial charge is 0.232 e. The molecule has 0 atom stereocenters. The summed E-state index contributed by atoms with van der Waals surface area (Å²) < 4.78 is 0. The third-order valence-corrected chi connectivity index (χ3v) is 2.55. The van der Waals surface area contributed by atoms with Crippen molar-refractivity contribution < 1.29 is 5.11 Å². The lowest BCUT2D eigenvalue weighted by Gasteiger charge is -2.00. The van der Waals surface area contributed by atoms with Crippen LogP contribution in [0.15, 0.2) is 34.9 Å². The Balaban J connectivity index is 3.79. The Morgan fingerprint density at radius 1 is 0.812 bits per heavy atom. The molecule has 0 heterocycles. The highest BCUT2D eigenvalue weighted by atomic mass is 16.2. The van der Waals surface area contributed by atoms with Crippen LogP contribution in [0, 0.1) is 0 Å². The van der Waals surface area contributed by atoms with Crippen molar-refractivity contribution in [2.24, 2.45) is 0 Å². The number of rotatable bonds is 7. The van der Waals surface area contributed by atoms with Crippen molar-refractivity contribution in [1.82, 2.24) is 0 Å². The summed E-state index contributed by atoms with van der Waals surface area (Å²) in [6, 6.07) is 0. The lowest BCUT2D eigenvalue weighted by molar-refractivity contribution is 0.231. The molecule has 0 bridgehead atoms. The molecule has 0 aliphatic rings. The van der Waals surface area contributed by atoms with Gasteiger partial charge in [0.15, 0.2) is 0 Å². The Hall–Kier alpha value is -0.820. The summed E-state index contributed by atoms with van der Waals surface area (Å²) in [5, 5.41) is 10.3. The van der Waals surface area contributed by atoms with E-state index < -0.39 is 0 Å². The van der Waals surface area contributed by atoms with Gasteiger partial charge in [-0.25, -0.2) is 5.11 Å². The average molecular weight is 221 g/mol. The van der Waals surface area contributed by atoms with Gasteiger partial charge in [0.1, 0.15) is 6.61 Å². The summed E-state index contributed by atoms with van der Waals surface area (Å²) in [5.74, 6) is 0. The minimum absolute atomic E-state index is 0.0882. The number of hydrogen-bond acceptors (Lipinski definition) is 0. The molecule has 0 unspecified atom stereocenters. The molecule has 1 heteroatoms. The SMILES string of the molecule is CC(C)=CCC/C(C)=C/CC/C(C)=C/C[O]. The highest BCUT2D eigenvalue weighted by molar-refractivity contribution is 5.05. The van der Waals surface area contributed by atoms with Gasteiger partial charge in [0, 0.05) is 0 Å². The van der Waals surface area contributed by atoms with Crippen molar-refractivity contribution in [3.63, 3.8) is 0 Å². The minimum Gasteiger partial charge on any atom is -0.232 e. The molecule has 1 nitrogen and oxygen atoms in total. The first kappa shape index (κ1) is 15.2. The summed E-state index contributed by atoms with van der Waals surface area (Å²) in [6.07, 6.45) is 10.7. The van der Waals surface area contributed by atoms with E-state index in [1.807, 2.05) is 6.92 Å². The molecule has 0 fully saturated rings. The van der Waals surface area contributed by atoms with E-state index in [0.29, 0.717) is 0 Å². The van der Waals surface area contributed by atoms with E-state index in [2.05, 4.69) is 32.9 Å². The summed E-state index contributed by atoms with van der Waals surface area (Å²) in [5.41, 5.74) is 4.05. The maximum atomic E-state index is 10.3. The molecule has 0 aromatic rings. The van der Waals surface area contributed by atoms with Gasteiger partial charge in [0.05, 0.1) is 0 Å². The molecule has 16 heavy (non-hydrogen) atoms. The van der Waals surface area contributed by atoms with Crippen LogP contribution >= 0.6 is 0 Å². The van der Waals surface area contributed by atoms with Crippen molar-refractivity contribution in [1.29, 1.82) is 0 Å². The van der Waals surface area contributed by atoms with Crippen LogP contribution in [0.3, 0.4) is 0 Å². The highest BCUT2D eigenvalue weighted by Gasteiger charge is 1.91. The van der Waals surface area contributed by atoms with Gasteiger partial charge in [0.25, 0.3) is 0 Å². The van der Waals surface area contributed by atoms with Crippen LogP contribution < -0.4 is 0 Å². The van der Waals surface area contributed by atoms with Crippen molar-refractivity contribution in [2.75, 3.05) is 6.61 Å². The highest BCUT2D eigenvalue weighted by Crippen LogP contribution is 2.11. The molecular weight excluding hydrogens is 196 g/mol. The quantitative estimate of drug-likeness (QED) is 0.548. The minimum atomic E-state index is -0.0882. The van der Waals surface area contributed by atoms with Crippen LogP contribution in [-0.4, -0.2) is 6.61 Å². The van der Waals surface area contributed by atoms with Crippen LogP contribution in [0.4, 0.5) is 0 Å². The maximum Gasteiger partial charge on any atom is 0.101 e. The standard InChI is InChI=1S/C15H25O/c1-13(2)7-5-8-14(3)9-6-10-15(4)11-12-16/h7,9,11H,5-6,8,10,12H2,1-4H3/b14-9+,15-11+. The zero-order valence-corrected chi connectivity index (χ0v) is 11.2. The molecule has 0 aromatic heterocycles. The van der Waals surface area contributed by atoms with E-state index in [4.69, 9.17) is 0 Å². The Bertz CT molecular complexity index is 265. The molecule has 1 radical (unpaired) electrons. The lowest BCUT2D eigenvalue weighted by atomic mass is 10.1. The predicted molar refractivity (Wildman–Crippen MR) is 71.0 cm³/mol. The second-order valence-electron chi connectivity index (χ2n) is 4.63. The Kier molecular flexibility index (Phi) is 8.93. The molecule has 0 amide bonds. The first-order chi connectivity index (χ1) is 7.56. The molecule has 0 aromatic carbocycles. The van der Waals surface area contributed by atoms with E-state index >= 15 is 0 Å². The maximum absolute atomic E-state index is 10.3. The van der Waals surface area contributed by atoms with Crippen LogP contribution in [0.5, 0.6) is 0 Å². The van der Waals surface area contributed by atoms with Crippen molar-refractivity contribution in [3.05, 3.63) is 34.9 Å². The lowest BCUT2D eigenvalue weighted by Crippen LogP contribution is -1.82. The molecule has 91 valence electrons. The first-order valence-electron chi connectivity index (χ1n) is 6.09. The second kappa shape index (κ2) is 9.41. The normalized spacial score (nSPS) is 12.8. The average Bonchev–Trinajstić information content (AvgIpc) is 2.17. The number of hydrogen-bond donors (Lipinski definition) is 0. The summed E-state index contributed by atoms with van der Waals surface area (Å²) >= 11 is 0. The number of allylic oxidation sites excluding steroid dienone is 5. The Morgan fingerprint density at radius 2 is 1.31 bits per heavy atom. The molecule has 0 aliphatic carbocycles. The fourth-order valence-electron chi connectivity index (χ4n) is 1.48. The van der Waals surface area contributed by atoms with Gasteiger partial charge in [-0.05, 0) is 53.4 Å². The summed E-state index contributed by atoms with van der Waals surface area (Å²) in [6.45, 7) is 8.40. The molecule has 0 N–H and O–H groups in total. The second-order valence-corrected chi connectivity index (χ2v) is 4.63. The van der Waals surface area contributed by atoms with Gasteiger partial charge in [-0.15, -0.1) is 0 Å². The molecular formula is C15H25O. The van der Waals surface area contributed by atoms with Gasteiger partial charge in [-0.1, -0.05) is 34.9 Å². The fourth-order valence-corrected chi connectivity index (χ4v) is 1.48. The zero-order valence-electron chi connectivity index (χ0n) is 11.2. The monoisotopic (exact) mass is 221 g/mol. The van der Waals surface area contributed by atoms with E-state index in [1.54, 1.807) is 6.08 Å². The van der Waals surface area contributed by atoms with Crippen molar-refractivity contribution in [3.8, 4) is 0 Å². The van der Waals surface area contributed by atoms with Gasteiger partial charge in [-0.3, -0.25) is 0 Å². The molecule has 0 aliphatic heterocycles. The van der Waals surface area contributed by atoms with E-state index in [1.165, 1.54) is 16.7 Å². The summed E-state index contributed by atoms with van der Waals surface area (Å²) in [4.78, 5) is 0. The molecule has 0 saturated heterocycles. The van der Waals surface area contributed by atoms with Crippen molar-refractivity contribution in [2.45, 2.75) is 53.4 Å². The van der Waals surface area contributed by atoms with Crippen LogP contribution in [0.25, 0.3) is 0 Å². The van der Waals surface area contributed by atoms with Gasteiger partial charge >= 0.3 is 0 Å². The third kappa shape index (κ3) is 9.72. The third-order valence-electron chi connectivity index (χ3n) is 2.55.